The molecule has 6 heteroatoms. The smallest absolute Gasteiger partial charge is 0.310 e. The van der Waals surface area contributed by atoms with Crippen LogP contribution in [-0.4, -0.2) is 18.0 Å². The highest BCUT2D eigenvalue weighted by molar-refractivity contribution is 9.10. The average Bonchev–Trinajstić information content (AvgIpc) is 3.09. The lowest BCUT2D eigenvalue weighted by atomic mass is 9.79. The van der Waals surface area contributed by atoms with Crippen molar-refractivity contribution in [3.63, 3.8) is 0 Å². The molecule has 3 aliphatic rings. The van der Waals surface area contributed by atoms with Crippen LogP contribution in [-0.2, 0) is 14.3 Å². The summed E-state index contributed by atoms with van der Waals surface area (Å²) in [5, 5.41) is 3.55. The molecule has 2 aliphatic carbocycles. The van der Waals surface area contributed by atoms with E-state index in [0.717, 1.165) is 22.9 Å². The van der Waals surface area contributed by atoms with Gasteiger partial charge in [0, 0.05) is 16.1 Å². The lowest BCUT2D eigenvalue weighted by Crippen LogP contribution is -2.36. The van der Waals surface area contributed by atoms with E-state index in [-0.39, 0.29) is 41.7 Å². The van der Waals surface area contributed by atoms with Crippen LogP contribution in [0.1, 0.15) is 18.4 Å². The summed E-state index contributed by atoms with van der Waals surface area (Å²) in [5.74, 6) is -0.300. The number of hydrogen-bond donors (Lipinski definition) is 1. The Labute approximate surface area is 141 Å². The number of benzene rings is 1. The van der Waals surface area contributed by atoms with Gasteiger partial charge in [0.15, 0.2) is 0 Å². The zero-order valence-corrected chi connectivity index (χ0v) is 14.3. The van der Waals surface area contributed by atoms with Crippen molar-refractivity contribution in [1.82, 2.24) is 0 Å². The normalized spacial score (nSPS) is 34.9. The van der Waals surface area contributed by atoms with Gasteiger partial charge in [-0.1, -0.05) is 11.6 Å². The number of hydrogen-bond acceptors (Lipinski definition) is 3. The lowest BCUT2D eigenvalue weighted by Gasteiger charge is -2.24. The number of rotatable bonds is 2. The summed E-state index contributed by atoms with van der Waals surface area (Å²) in [7, 11) is 0. The molecule has 1 N–H and O–H groups in total. The van der Waals surface area contributed by atoms with E-state index in [9.17, 15) is 9.59 Å². The largest absolute Gasteiger partial charge is 0.462 e. The van der Waals surface area contributed by atoms with Crippen LogP contribution in [0, 0.1) is 30.6 Å². The van der Waals surface area contributed by atoms with Gasteiger partial charge >= 0.3 is 5.97 Å². The molecule has 0 radical (unpaired) electrons. The number of anilines is 1. The van der Waals surface area contributed by atoms with Crippen LogP contribution in [0.15, 0.2) is 16.6 Å². The van der Waals surface area contributed by atoms with Crippen LogP contribution in [0.5, 0.6) is 0 Å². The van der Waals surface area contributed by atoms with Crippen LogP contribution >= 0.6 is 27.5 Å². The van der Waals surface area contributed by atoms with Gasteiger partial charge in [-0.15, -0.1) is 0 Å². The summed E-state index contributed by atoms with van der Waals surface area (Å²) in [6.45, 7) is 1.86. The van der Waals surface area contributed by atoms with Gasteiger partial charge in [-0.3, -0.25) is 9.59 Å². The van der Waals surface area contributed by atoms with Crippen molar-refractivity contribution in [2.75, 3.05) is 5.32 Å². The minimum Gasteiger partial charge on any atom is -0.462 e. The Morgan fingerprint density at radius 1 is 1.41 bits per heavy atom. The average molecular weight is 385 g/mol. The van der Waals surface area contributed by atoms with E-state index in [1.807, 2.05) is 19.1 Å². The summed E-state index contributed by atoms with van der Waals surface area (Å²) in [5.41, 5.74) is 1.52. The first kappa shape index (κ1) is 14.5. The van der Waals surface area contributed by atoms with Crippen LogP contribution in [0.2, 0.25) is 5.02 Å². The summed E-state index contributed by atoms with van der Waals surface area (Å²) in [6, 6.07) is 3.64. The third-order valence-electron chi connectivity index (χ3n) is 5.38. The van der Waals surface area contributed by atoms with Gasteiger partial charge < -0.3 is 10.1 Å². The zero-order chi connectivity index (χ0) is 15.6. The maximum Gasteiger partial charge on any atom is 0.310 e. The van der Waals surface area contributed by atoms with Gasteiger partial charge in [-0.25, -0.2) is 0 Å². The fourth-order valence-electron chi connectivity index (χ4n) is 4.37. The molecule has 22 heavy (non-hydrogen) atoms. The molecule has 4 rings (SSSR count). The number of esters is 1. The minimum atomic E-state index is -0.266. The van der Waals surface area contributed by atoms with Gasteiger partial charge in [-0.05, 0) is 59.3 Å². The summed E-state index contributed by atoms with van der Waals surface area (Å²) >= 11 is 9.57. The Morgan fingerprint density at radius 3 is 2.95 bits per heavy atom. The SMILES string of the molecule is Cc1c(NC(=O)C2C3CC4OC(=O)C2C4C3)ccc(Br)c1Cl. The van der Waals surface area contributed by atoms with Gasteiger partial charge in [0.25, 0.3) is 0 Å². The maximum atomic E-state index is 12.7. The van der Waals surface area contributed by atoms with Gasteiger partial charge in [-0.2, -0.15) is 0 Å². The highest BCUT2D eigenvalue weighted by Gasteiger charge is 2.63. The second-order valence-electron chi connectivity index (χ2n) is 6.45. The Morgan fingerprint density at radius 2 is 2.18 bits per heavy atom. The van der Waals surface area contributed by atoms with E-state index in [1.165, 1.54) is 0 Å². The van der Waals surface area contributed by atoms with Crippen molar-refractivity contribution in [2.45, 2.75) is 25.9 Å². The molecule has 1 amide bonds. The molecule has 116 valence electrons. The fraction of sp³-hybridized carbons (Fsp3) is 0.500. The van der Waals surface area contributed by atoms with E-state index in [2.05, 4.69) is 21.2 Å². The molecule has 1 aliphatic heterocycles. The van der Waals surface area contributed by atoms with Crippen molar-refractivity contribution in [1.29, 1.82) is 0 Å². The Kier molecular flexibility index (Phi) is 3.28. The van der Waals surface area contributed by atoms with Crippen molar-refractivity contribution >= 4 is 45.1 Å². The third kappa shape index (κ3) is 1.95. The molecule has 5 atom stereocenters. The molecule has 0 aromatic heterocycles. The highest BCUT2D eigenvalue weighted by atomic mass is 79.9. The lowest BCUT2D eigenvalue weighted by molar-refractivity contribution is -0.145. The molecule has 3 fully saturated rings. The highest BCUT2D eigenvalue weighted by Crippen LogP contribution is 2.57. The van der Waals surface area contributed by atoms with Crippen LogP contribution in [0.25, 0.3) is 0 Å². The second kappa shape index (κ2) is 4.96. The number of carbonyl (C=O) groups excluding carboxylic acids is 2. The maximum absolute atomic E-state index is 12.7. The molecular weight excluding hydrogens is 370 g/mol. The fourth-order valence-corrected chi connectivity index (χ4v) is 4.96. The molecule has 2 bridgehead atoms. The number of amides is 1. The monoisotopic (exact) mass is 383 g/mol. The second-order valence-corrected chi connectivity index (χ2v) is 7.68. The van der Waals surface area contributed by atoms with Crippen molar-refractivity contribution in [3.05, 3.63) is 27.2 Å². The standard InChI is InChI=1S/C16H15BrClNO3/c1-6-10(3-2-9(17)14(6)18)19-15(20)12-7-4-8-11(5-7)22-16(21)13(8)12/h2-3,7-8,11-13H,4-5H2,1H3,(H,19,20). The third-order valence-corrected chi connectivity index (χ3v) is 6.76. The van der Waals surface area contributed by atoms with E-state index in [4.69, 9.17) is 16.3 Å². The van der Waals surface area contributed by atoms with E-state index < -0.39 is 0 Å². The Bertz CT molecular complexity index is 690. The quantitative estimate of drug-likeness (QED) is 0.793. The number of nitrogens with one attached hydrogen (secondary N) is 1. The Hall–Kier alpha value is -1.07. The van der Waals surface area contributed by atoms with E-state index in [1.54, 1.807) is 0 Å². The van der Waals surface area contributed by atoms with Gasteiger partial charge in [0.05, 0.1) is 16.9 Å². The van der Waals surface area contributed by atoms with Crippen LogP contribution in [0.3, 0.4) is 0 Å². The van der Waals surface area contributed by atoms with Gasteiger partial charge in [0.1, 0.15) is 6.10 Å². The predicted octanol–water partition coefficient (Wildman–Crippen LogP) is 3.55. The molecule has 0 spiro atoms. The van der Waals surface area contributed by atoms with Crippen LogP contribution in [0.4, 0.5) is 5.69 Å². The first-order valence-corrected chi connectivity index (χ1v) is 8.60. The van der Waals surface area contributed by atoms with Gasteiger partial charge in [0.2, 0.25) is 5.91 Å². The predicted molar refractivity (Wildman–Crippen MR) is 85.6 cm³/mol. The van der Waals surface area contributed by atoms with Crippen LogP contribution < -0.4 is 5.32 Å². The molecule has 1 saturated heterocycles. The Balaban J connectivity index is 1.59. The summed E-state index contributed by atoms with van der Waals surface area (Å²) in [4.78, 5) is 24.7. The molecular formula is C16H15BrClNO3. The van der Waals surface area contributed by atoms with E-state index >= 15 is 0 Å². The van der Waals surface area contributed by atoms with Crippen molar-refractivity contribution in [2.24, 2.45) is 23.7 Å². The molecule has 1 heterocycles. The molecule has 1 aromatic rings. The van der Waals surface area contributed by atoms with E-state index in [0.29, 0.717) is 10.7 Å². The molecule has 5 unspecified atom stereocenters. The molecule has 2 saturated carbocycles. The topological polar surface area (TPSA) is 55.4 Å². The minimum absolute atomic E-state index is 0.0513. The number of halogens is 2. The summed E-state index contributed by atoms with van der Waals surface area (Å²) < 4.78 is 6.18. The number of ether oxygens (including phenoxy) is 1. The number of carbonyl (C=O) groups is 2. The number of fused-ring (bicyclic) bond motifs is 1. The zero-order valence-electron chi connectivity index (χ0n) is 11.9. The summed E-state index contributed by atoms with van der Waals surface area (Å²) in [6.07, 6.45) is 1.81. The first-order chi connectivity index (χ1) is 10.5. The molecule has 4 nitrogen and oxygen atoms in total. The first-order valence-electron chi connectivity index (χ1n) is 7.43. The molecule has 1 aromatic carbocycles. The van der Waals surface area contributed by atoms with Crippen molar-refractivity contribution < 1.29 is 14.3 Å². The van der Waals surface area contributed by atoms with Crippen molar-refractivity contribution in [3.8, 4) is 0 Å².